The summed E-state index contributed by atoms with van der Waals surface area (Å²) in [4.78, 5) is 27.8. The van der Waals surface area contributed by atoms with Crippen LogP contribution in [0, 0.1) is 18.8 Å². The van der Waals surface area contributed by atoms with Gasteiger partial charge in [0.1, 0.15) is 11.5 Å². The third-order valence-electron chi connectivity index (χ3n) is 8.45. The SMILES string of the molecule is Cc1cnc(CNC(=O)c2ccc(-c3nc4ccc5n[nH]c(C#CCN6CCOCC6)c5c4c4c3CCCCC4)cc2)[nH]1. The van der Waals surface area contributed by atoms with Crippen molar-refractivity contribution in [3.63, 3.8) is 0 Å². The summed E-state index contributed by atoms with van der Waals surface area (Å²) in [6, 6.07) is 11.9. The molecule has 1 aliphatic carbocycles. The van der Waals surface area contributed by atoms with E-state index in [0.29, 0.717) is 18.7 Å². The molecule has 9 heteroatoms. The second-order valence-electron chi connectivity index (χ2n) is 11.4. The quantitative estimate of drug-likeness (QED) is 0.208. The Morgan fingerprint density at radius 3 is 2.58 bits per heavy atom. The first-order valence-corrected chi connectivity index (χ1v) is 15.1. The lowest BCUT2D eigenvalue weighted by Crippen LogP contribution is -2.36. The van der Waals surface area contributed by atoms with Crippen LogP contribution in [0.15, 0.2) is 42.6 Å². The Bertz CT molecular complexity index is 1850. The first kappa shape index (κ1) is 27.3. The van der Waals surface area contributed by atoms with Gasteiger partial charge in [0.15, 0.2) is 0 Å². The number of aromatic amines is 2. The zero-order valence-corrected chi connectivity index (χ0v) is 24.4. The number of hydrogen-bond donors (Lipinski definition) is 3. The van der Waals surface area contributed by atoms with Crippen LogP contribution in [0.2, 0.25) is 0 Å². The fourth-order valence-electron chi connectivity index (χ4n) is 6.24. The molecule has 2 aromatic carbocycles. The summed E-state index contributed by atoms with van der Waals surface area (Å²) in [5.41, 5.74) is 9.00. The number of aryl methyl sites for hydroxylation is 2. The smallest absolute Gasteiger partial charge is 0.251 e. The molecule has 1 aliphatic heterocycles. The molecule has 7 rings (SSSR count). The van der Waals surface area contributed by atoms with Crippen LogP contribution >= 0.6 is 0 Å². The Balaban J connectivity index is 1.23. The largest absolute Gasteiger partial charge is 0.379 e. The molecule has 9 nitrogen and oxygen atoms in total. The van der Waals surface area contributed by atoms with E-state index in [-0.39, 0.29) is 5.91 Å². The van der Waals surface area contributed by atoms with Gasteiger partial charge in [-0.15, -0.1) is 0 Å². The van der Waals surface area contributed by atoms with Crippen LogP contribution in [0.25, 0.3) is 33.1 Å². The van der Waals surface area contributed by atoms with Crippen LogP contribution in [0.3, 0.4) is 0 Å². The normalized spacial score (nSPS) is 15.6. The molecular weight excluding hydrogens is 538 g/mol. The van der Waals surface area contributed by atoms with Gasteiger partial charge in [-0.3, -0.25) is 14.8 Å². The molecule has 3 aromatic heterocycles. The molecule has 2 aliphatic rings. The van der Waals surface area contributed by atoms with Gasteiger partial charge >= 0.3 is 0 Å². The van der Waals surface area contributed by atoms with E-state index in [1.54, 1.807) is 6.20 Å². The Morgan fingerprint density at radius 1 is 1.00 bits per heavy atom. The van der Waals surface area contributed by atoms with E-state index in [1.807, 2.05) is 37.3 Å². The molecule has 0 unspecified atom stereocenters. The second-order valence-corrected chi connectivity index (χ2v) is 11.4. The molecule has 1 saturated heterocycles. The Hall–Kier alpha value is -4.52. The molecule has 4 heterocycles. The number of H-pyrrole nitrogens is 2. The molecule has 1 amide bonds. The van der Waals surface area contributed by atoms with Crippen LogP contribution < -0.4 is 5.32 Å². The predicted molar refractivity (Wildman–Crippen MR) is 167 cm³/mol. The Labute approximate surface area is 250 Å². The van der Waals surface area contributed by atoms with Gasteiger partial charge in [-0.2, -0.15) is 5.10 Å². The minimum atomic E-state index is -0.129. The minimum Gasteiger partial charge on any atom is -0.379 e. The van der Waals surface area contributed by atoms with Gasteiger partial charge in [0.25, 0.3) is 5.91 Å². The van der Waals surface area contributed by atoms with Gasteiger partial charge in [0.2, 0.25) is 0 Å². The molecule has 43 heavy (non-hydrogen) atoms. The van der Waals surface area contributed by atoms with Crippen molar-refractivity contribution < 1.29 is 9.53 Å². The highest BCUT2D eigenvalue weighted by molar-refractivity contribution is 6.10. The monoisotopic (exact) mass is 573 g/mol. The number of hydrogen-bond acceptors (Lipinski definition) is 6. The highest BCUT2D eigenvalue weighted by Gasteiger charge is 2.22. The topological polar surface area (TPSA) is 112 Å². The number of pyridine rings is 1. The minimum absolute atomic E-state index is 0.129. The lowest BCUT2D eigenvalue weighted by atomic mass is 9.91. The lowest BCUT2D eigenvalue weighted by molar-refractivity contribution is 0.0443. The summed E-state index contributed by atoms with van der Waals surface area (Å²) in [7, 11) is 0. The Kier molecular flexibility index (Phi) is 7.62. The molecule has 0 atom stereocenters. The summed E-state index contributed by atoms with van der Waals surface area (Å²) in [5.74, 6) is 7.37. The lowest BCUT2D eigenvalue weighted by Gasteiger charge is -2.24. The van der Waals surface area contributed by atoms with E-state index >= 15 is 0 Å². The van der Waals surface area contributed by atoms with Crippen LogP contribution in [-0.4, -0.2) is 68.8 Å². The van der Waals surface area contributed by atoms with Gasteiger partial charge in [-0.05, 0) is 73.9 Å². The highest BCUT2D eigenvalue weighted by Crippen LogP contribution is 2.38. The number of nitrogens with zero attached hydrogens (tertiary/aromatic N) is 4. The molecule has 3 N–H and O–H groups in total. The number of morpholine rings is 1. The average molecular weight is 574 g/mol. The van der Waals surface area contributed by atoms with Crippen molar-refractivity contribution in [2.24, 2.45) is 0 Å². The third-order valence-corrected chi connectivity index (χ3v) is 8.45. The van der Waals surface area contributed by atoms with Crippen molar-refractivity contribution in [2.75, 3.05) is 32.8 Å². The van der Waals surface area contributed by atoms with Gasteiger partial charge in [-0.25, -0.2) is 9.97 Å². The number of amides is 1. The number of rotatable bonds is 5. The standard InChI is InChI=1S/C34H35N7O2/c1-22-20-35-30(37-22)21-36-34(42)24-11-9-23(10-12-24)33-26-7-4-2-3-6-25(26)31-27(38-33)13-14-29-32(31)28(39-40-29)8-5-15-41-16-18-43-19-17-41/h9-14,20H,2-4,6-7,15-19,21H2,1H3,(H,35,37)(H,36,42)(H,39,40). The fraction of sp³-hybridized carbons (Fsp3) is 0.353. The zero-order valence-electron chi connectivity index (χ0n) is 24.4. The van der Waals surface area contributed by atoms with Crippen molar-refractivity contribution >= 4 is 27.7 Å². The summed E-state index contributed by atoms with van der Waals surface area (Å²) < 4.78 is 5.47. The van der Waals surface area contributed by atoms with E-state index < -0.39 is 0 Å². The summed E-state index contributed by atoms with van der Waals surface area (Å²) >= 11 is 0. The van der Waals surface area contributed by atoms with Crippen LogP contribution in [-0.2, 0) is 24.1 Å². The van der Waals surface area contributed by atoms with E-state index in [2.05, 4.69) is 48.3 Å². The first-order valence-electron chi connectivity index (χ1n) is 15.1. The number of carbonyl (C=O) groups excluding carboxylic acids is 1. The van der Waals surface area contributed by atoms with Crippen LogP contribution in [0.4, 0.5) is 0 Å². The predicted octanol–water partition coefficient (Wildman–Crippen LogP) is 4.69. The third kappa shape index (κ3) is 5.64. The molecule has 0 spiro atoms. The maximum Gasteiger partial charge on any atom is 0.251 e. The van der Waals surface area contributed by atoms with Crippen LogP contribution in [0.1, 0.15) is 58.0 Å². The van der Waals surface area contributed by atoms with Crippen molar-refractivity contribution in [3.8, 4) is 23.1 Å². The van der Waals surface area contributed by atoms with Gasteiger partial charge in [-0.1, -0.05) is 24.5 Å². The maximum absolute atomic E-state index is 12.8. The molecular formula is C34H35N7O2. The second kappa shape index (κ2) is 12.0. The molecule has 1 fully saturated rings. The van der Waals surface area contributed by atoms with E-state index in [9.17, 15) is 4.79 Å². The first-order chi connectivity index (χ1) is 21.1. The summed E-state index contributed by atoms with van der Waals surface area (Å²) in [5, 5.41) is 13.0. The van der Waals surface area contributed by atoms with Gasteiger partial charge in [0.05, 0.1) is 43.0 Å². The summed E-state index contributed by atoms with van der Waals surface area (Å²) in [6.07, 6.45) is 7.20. The Morgan fingerprint density at radius 2 is 1.79 bits per heavy atom. The summed E-state index contributed by atoms with van der Waals surface area (Å²) in [6.45, 7) is 6.37. The van der Waals surface area contributed by atoms with Gasteiger partial charge < -0.3 is 15.0 Å². The maximum atomic E-state index is 12.8. The van der Waals surface area contributed by atoms with E-state index in [1.165, 1.54) is 22.9 Å². The highest BCUT2D eigenvalue weighted by atomic mass is 16.5. The van der Waals surface area contributed by atoms with E-state index in [0.717, 1.165) is 96.9 Å². The number of imidazole rings is 1. The molecule has 0 radical (unpaired) electrons. The molecule has 0 saturated carbocycles. The molecule has 5 aromatic rings. The number of nitrogens with one attached hydrogen (secondary N) is 3. The zero-order chi connectivity index (χ0) is 29.2. The van der Waals surface area contributed by atoms with Crippen molar-refractivity contribution in [1.82, 2.24) is 35.4 Å². The molecule has 0 bridgehead atoms. The van der Waals surface area contributed by atoms with Gasteiger partial charge in [0, 0.05) is 46.9 Å². The average Bonchev–Trinajstić information content (AvgIpc) is 3.57. The van der Waals surface area contributed by atoms with Crippen molar-refractivity contribution in [3.05, 3.63) is 76.5 Å². The number of ether oxygens (including phenoxy) is 1. The fourth-order valence-corrected chi connectivity index (χ4v) is 6.24. The molecule has 218 valence electrons. The van der Waals surface area contributed by atoms with Crippen molar-refractivity contribution in [1.29, 1.82) is 0 Å². The van der Waals surface area contributed by atoms with Crippen molar-refractivity contribution in [2.45, 2.75) is 45.6 Å². The number of benzene rings is 2. The number of aromatic nitrogens is 5. The van der Waals surface area contributed by atoms with Crippen LogP contribution in [0.5, 0.6) is 0 Å². The van der Waals surface area contributed by atoms with E-state index in [4.69, 9.17) is 9.72 Å². The number of fused-ring (bicyclic) bond motifs is 5. The number of carbonyl (C=O) groups is 1.